The van der Waals surface area contributed by atoms with Gasteiger partial charge in [-0.1, -0.05) is 0 Å². The molecular weight excluding hydrogens is 142 g/mol. The van der Waals surface area contributed by atoms with Gasteiger partial charge in [0.05, 0.1) is 7.11 Å². The minimum atomic E-state index is -0.142. The topological polar surface area (TPSA) is 38.3 Å². The van der Waals surface area contributed by atoms with Crippen molar-refractivity contribution in [3.05, 3.63) is 0 Å². The number of hydrogen-bond donors (Lipinski definition) is 1. The normalized spacial score (nSPS) is 23.4. The maximum atomic E-state index is 10.5. The Morgan fingerprint density at radius 3 is 2.44 bits per heavy atom. The molecule has 1 aliphatic rings. The molecule has 0 aliphatic carbocycles. The van der Waals surface area contributed by atoms with E-state index in [0.717, 1.165) is 13.0 Å². The fourth-order valence-electron chi connectivity index (χ4n) is 0.632. The van der Waals surface area contributed by atoms with Crippen molar-refractivity contribution in [3.63, 3.8) is 0 Å². The molecule has 1 saturated heterocycles. The lowest BCUT2D eigenvalue weighted by Crippen LogP contribution is -2.48. The second-order valence-electron chi connectivity index (χ2n) is 1.82. The maximum Gasteiger partial charge on any atom is 0.322 e. The number of nitrogens with one attached hydrogen (secondary N) is 1. The van der Waals surface area contributed by atoms with E-state index in [9.17, 15) is 4.79 Å². The molecule has 4 heteroatoms. The van der Waals surface area contributed by atoms with Crippen LogP contribution in [0.2, 0.25) is 0 Å². The predicted octanol–water partition coefficient (Wildman–Crippen LogP) is -0.0569. The van der Waals surface area contributed by atoms with E-state index >= 15 is 0 Å². The first-order valence-corrected chi connectivity index (χ1v) is 2.66. The number of methoxy groups -OCH3 is 1. The van der Waals surface area contributed by atoms with Crippen molar-refractivity contribution in [2.24, 2.45) is 0 Å². The van der Waals surface area contributed by atoms with Crippen molar-refractivity contribution in [2.75, 3.05) is 13.7 Å². The van der Waals surface area contributed by atoms with Crippen LogP contribution in [0, 0.1) is 0 Å². The van der Waals surface area contributed by atoms with Crippen LogP contribution >= 0.6 is 12.4 Å². The monoisotopic (exact) mass is 151 g/mol. The van der Waals surface area contributed by atoms with Crippen LogP contribution < -0.4 is 5.32 Å². The Morgan fingerprint density at radius 1 is 1.78 bits per heavy atom. The van der Waals surface area contributed by atoms with Gasteiger partial charge in [-0.05, 0) is 13.0 Å². The first kappa shape index (κ1) is 8.72. The minimum absolute atomic E-state index is 0. The largest absolute Gasteiger partial charge is 0.468 e. The lowest BCUT2D eigenvalue weighted by molar-refractivity contribution is -0.144. The van der Waals surface area contributed by atoms with Crippen LogP contribution in [0.4, 0.5) is 0 Å². The SMILES string of the molecule is COC(=O)C1CCN1.Cl. The Hall–Kier alpha value is -0.280. The Bertz CT molecular complexity index is 103. The lowest BCUT2D eigenvalue weighted by atomic mass is 10.1. The van der Waals surface area contributed by atoms with Gasteiger partial charge in [0, 0.05) is 0 Å². The van der Waals surface area contributed by atoms with Gasteiger partial charge in [0.25, 0.3) is 0 Å². The fourth-order valence-corrected chi connectivity index (χ4v) is 0.632. The molecule has 1 fully saturated rings. The number of hydrogen-bond acceptors (Lipinski definition) is 3. The van der Waals surface area contributed by atoms with Crippen LogP contribution in [0.25, 0.3) is 0 Å². The van der Waals surface area contributed by atoms with Crippen molar-refractivity contribution >= 4 is 18.4 Å². The van der Waals surface area contributed by atoms with Crippen LogP contribution in [0.5, 0.6) is 0 Å². The summed E-state index contributed by atoms with van der Waals surface area (Å²) in [5.74, 6) is -0.142. The first-order chi connectivity index (χ1) is 3.84. The zero-order valence-electron chi connectivity index (χ0n) is 5.22. The van der Waals surface area contributed by atoms with Crippen molar-refractivity contribution in [2.45, 2.75) is 12.5 Å². The Morgan fingerprint density at radius 2 is 2.33 bits per heavy atom. The molecule has 1 unspecified atom stereocenters. The average Bonchev–Trinajstić information content (AvgIpc) is 1.62. The first-order valence-electron chi connectivity index (χ1n) is 2.66. The number of ether oxygens (including phenoxy) is 1. The fraction of sp³-hybridized carbons (Fsp3) is 0.800. The third-order valence-electron chi connectivity index (χ3n) is 1.31. The number of halogens is 1. The van der Waals surface area contributed by atoms with Crippen molar-refractivity contribution in [1.82, 2.24) is 5.32 Å². The molecule has 0 amide bonds. The summed E-state index contributed by atoms with van der Waals surface area (Å²) in [6.45, 7) is 0.944. The molecular formula is C5H10ClNO2. The number of rotatable bonds is 1. The Kier molecular flexibility index (Phi) is 3.58. The molecule has 1 aliphatic heterocycles. The van der Waals surface area contributed by atoms with Crippen molar-refractivity contribution in [1.29, 1.82) is 0 Å². The Balaban J connectivity index is 0.000000640. The van der Waals surface area contributed by atoms with Gasteiger partial charge < -0.3 is 10.1 Å². The second kappa shape index (κ2) is 3.69. The molecule has 1 rings (SSSR count). The summed E-state index contributed by atoms with van der Waals surface area (Å²) in [6.07, 6.45) is 0.923. The van der Waals surface area contributed by atoms with Crippen LogP contribution in [0.3, 0.4) is 0 Å². The summed E-state index contributed by atoms with van der Waals surface area (Å²) >= 11 is 0. The molecule has 0 bridgehead atoms. The molecule has 0 spiro atoms. The molecule has 0 aromatic carbocycles. The molecule has 1 heterocycles. The van der Waals surface area contributed by atoms with Gasteiger partial charge in [-0.3, -0.25) is 4.79 Å². The van der Waals surface area contributed by atoms with E-state index in [0.29, 0.717) is 0 Å². The van der Waals surface area contributed by atoms with Gasteiger partial charge in [0.1, 0.15) is 6.04 Å². The summed E-state index contributed by atoms with van der Waals surface area (Å²) in [4.78, 5) is 10.5. The molecule has 0 aromatic heterocycles. The standard InChI is InChI=1S/C5H9NO2.ClH/c1-8-5(7)4-2-3-6-4;/h4,6H,2-3H2,1H3;1H. The summed E-state index contributed by atoms with van der Waals surface area (Å²) in [5, 5.41) is 2.92. The molecule has 9 heavy (non-hydrogen) atoms. The van der Waals surface area contributed by atoms with Gasteiger partial charge in [-0.25, -0.2) is 0 Å². The number of carbonyl (C=O) groups excluding carboxylic acids is 1. The molecule has 0 aromatic rings. The van der Waals surface area contributed by atoms with Gasteiger partial charge in [-0.2, -0.15) is 0 Å². The van der Waals surface area contributed by atoms with Gasteiger partial charge in [-0.15, -0.1) is 12.4 Å². The molecule has 54 valence electrons. The van der Waals surface area contributed by atoms with Crippen molar-refractivity contribution in [3.8, 4) is 0 Å². The van der Waals surface area contributed by atoms with Crippen LogP contribution in [0.1, 0.15) is 6.42 Å². The smallest absolute Gasteiger partial charge is 0.322 e. The highest BCUT2D eigenvalue weighted by Crippen LogP contribution is 2.01. The average molecular weight is 152 g/mol. The number of esters is 1. The van der Waals surface area contributed by atoms with Crippen LogP contribution in [-0.2, 0) is 9.53 Å². The minimum Gasteiger partial charge on any atom is -0.468 e. The summed E-state index contributed by atoms with van der Waals surface area (Å²) in [5.41, 5.74) is 0. The molecule has 3 nitrogen and oxygen atoms in total. The Labute approximate surface area is 60.2 Å². The van der Waals surface area contributed by atoms with Gasteiger partial charge in [0.2, 0.25) is 0 Å². The van der Waals surface area contributed by atoms with Gasteiger partial charge >= 0.3 is 5.97 Å². The summed E-state index contributed by atoms with van der Waals surface area (Å²) in [7, 11) is 1.41. The van der Waals surface area contributed by atoms with E-state index in [-0.39, 0.29) is 24.4 Å². The zero-order valence-corrected chi connectivity index (χ0v) is 6.03. The quantitative estimate of drug-likeness (QED) is 0.534. The van der Waals surface area contributed by atoms with Gasteiger partial charge in [0.15, 0.2) is 0 Å². The summed E-state index contributed by atoms with van der Waals surface area (Å²) < 4.78 is 4.45. The molecule has 0 radical (unpaired) electrons. The van der Waals surface area contributed by atoms with E-state index in [2.05, 4.69) is 10.1 Å². The van der Waals surface area contributed by atoms with E-state index in [1.807, 2.05) is 0 Å². The van der Waals surface area contributed by atoms with Crippen LogP contribution in [-0.4, -0.2) is 25.7 Å². The summed E-state index contributed by atoms with van der Waals surface area (Å²) in [6, 6.07) is -0.0139. The van der Waals surface area contributed by atoms with Crippen LogP contribution in [0.15, 0.2) is 0 Å². The van der Waals surface area contributed by atoms with Crippen molar-refractivity contribution < 1.29 is 9.53 Å². The van der Waals surface area contributed by atoms with E-state index < -0.39 is 0 Å². The molecule has 0 saturated carbocycles. The lowest BCUT2D eigenvalue weighted by Gasteiger charge is -2.24. The third kappa shape index (κ3) is 1.84. The second-order valence-corrected chi connectivity index (χ2v) is 1.82. The predicted molar refractivity (Wildman–Crippen MR) is 35.7 cm³/mol. The van der Waals surface area contributed by atoms with E-state index in [4.69, 9.17) is 0 Å². The maximum absolute atomic E-state index is 10.5. The highest BCUT2D eigenvalue weighted by atomic mass is 35.5. The highest BCUT2D eigenvalue weighted by Gasteiger charge is 2.24. The van der Waals surface area contributed by atoms with E-state index in [1.54, 1.807) is 0 Å². The third-order valence-corrected chi connectivity index (χ3v) is 1.31. The zero-order chi connectivity index (χ0) is 5.98. The highest BCUT2D eigenvalue weighted by molar-refractivity contribution is 5.85. The molecule has 1 atom stereocenters. The molecule has 1 N–H and O–H groups in total. The number of carbonyl (C=O) groups is 1. The van der Waals surface area contributed by atoms with E-state index in [1.165, 1.54) is 7.11 Å².